The summed E-state index contributed by atoms with van der Waals surface area (Å²) in [6.45, 7) is 7.08. The van der Waals surface area contributed by atoms with Gasteiger partial charge in [-0.05, 0) is 38.3 Å². The second-order valence-corrected chi connectivity index (χ2v) is 5.03. The number of hydrogen-bond acceptors (Lipinski definition) is 4. The fourth-order valence-corrected chi connectivity index (χ4v) is 1.95. The number of hydrogen-bond donors (Lipinski definition) is 2. The summed E-state index contributed by atoms with van der Waals surface area (Å²) < 4.78 is 0. The molecule has 3 N–H and O–H groups in total. The molecule has 110 valence electrons. The second kappa shape index (κ2) is 6.00. The molecular formula is C14H21N3O3. The maximum atomic E-state index is 12.2. The summed E-state index contributed by atoms with van der Waals surface area (Å²) in [5.74, 6) is -0.265. The first kappa shape index (κ1) is 16.1. The molecule has 1 aromatic rings. The third kappa shape index (κ3) is 3.14. The highest BCUT2D eigenvalue weighted by molar-refractivity contribution is 5.98. The number of benzene rings is 1. The van der Waals surface area contributed by atoms with E-state index < -0.39 is 10.5 Å². The zero-order valence-electron chi connectivity index (χ0n) is 12.3. The zero-order valence-corrected chi connectivity index (χ0v) is 12.3. The van der Waals surface area contributed by atoms with Crippen LogP contribution >= 0.6 is 0 Å². The Balaban J connectivity index is 3.08. The van der Waals surface area contributed by atoms with Gasteiger partial charge in [-0.3, -0.25) is 14.9 Å². The van der Waals surface area contributed by atoms with Gasteiger partial charge in [-0.2, -0.15) is 0 Å². The van der Waals surface area contributed by atoms with Gasteiger partial charge in [-0.15, -0.1) is 0 Å². The minimum Gasteiger partial charge on any atom is -0.324 e. The van der Waals surface area contributed by atoms with Crippen molar-refractivity contribution < 1.29 is 9.72 Å². The van der Waals surface area contributed by atoms with E-state index in [1.807, 2.05) is 13.8 Å². The average Bonchev–Trinajstić information content (AvgIpc) is 2.41. The summed E-state index contributed by atoms with van der Waals surface area (Å²) in [5, 5.41) is 13.6. The van der Waals surface area contributed by atoms with Gasteiger partial charge < -0.3 is 11.1 Å². The molecule has 0 saturated heterocycles. The van der Waals surface area contributed by atoms with Crippen molar-refractivity contribution in [2.24, 2.45) is 5.73 Å². The smallest absolute Gasteiger partial charge is 0.272 e. The zero-order chi connectivity index (χ0) is 15.5. The van der Waals surface area contributed by atoms with Crippen molar-refractivity contribution in [1.29, 1.82) is 0 Å². The number of rotatable bonds is 5. The van der Waals surface area contributed by atoms with E-state index in [0.29, 0.717) is 29.7 Å². The van der Waals surface area contributed by atoms with Gasteiger partial charge in [0.1, 0.15) is 0 Å². The first-order valence-electron chi connectivity index (χ1n) is 6.61. The lowest BCUT2D eigenvalue weighted by Crippen LogP contribution is -2.50. The van der Waals surface area contributed by atoms with Crippen LogP contribution in [0.25, 0.3) is 0 Å². The molecule has 0 radical (unpaired) electrons. The van der Waals surface area contributed by atoms with Crippen LogP contribution in [0.3, 0.4) is 0 Å². The average molecular weight is 279 g/mol. The summed E-state index contributed by atoms with van der Waals surface area (Å²) >= 11 is 0. The quantitative estimate of drug-likeness (QED) is 0.639. The molecule has 0 aliphatic carbocycles. The van der Waals surface area contributed by atoms with Crippen LogP contribution in [0.5, 0.6) is 0 Å². The number of anilines is 1. The van der Waals surface area contributed by atoms with Crippen LogP contribution in [0.2, 0.25) is 0 Å². The van der Waals surface area contributed by atoms with Gasteiger partial charge in [-0.1, -0.05) is 13.8 Å². The summed E-state index contributed by atoms with van der Waals surface area (Å²) in [6, 6.07) is 3.07. The lowest BCUT2D eigenvalue weighted by atomic mass is 9.93. The number of nitro groups is 1. The van der Waals surface area contributed by atoms with E-state index in [-0.39, 0.29) is 11.6 Å². The number of aryl methyl sites for hydroxylation is 2. The highest BCUT2D eigenvalue weighted by Gasteiger charge is 2.30. The van der Waals surface area contributed by atoms with Gasteiger partial charge in [0.15, 0.2) is 0 Å². The van der Waals surface area contributed by atoms with Crippen LogP contribution in [0.4, 0.5) is 11.4 Å². The molecule has 1 rings (SSSR count). The Morgan fingerprint density at radius 2 is 1.85 bits per heavy atom. The molecule has 1 aromatic carbocycles. The Hall–Kier alpha value is -1.95. The first-order valence-corrected chi connectivity index (χ1v) is 6.61. The molecule has 6 heteroatoms. The highest BCUT2D eigenvalue weighted by atomic mass is 16.6. The Morgan fingerprint density at radius 3 is 2.30 bits per heavy atom. The molecule has 0 aliphatic heterocycles. The van der Waals surface area contributed by atoms with Crippen LogP contribution in [0.15, 0.2) is 12.1 Å². The third-order valence-corrected chi connectivity index (χ3v) is 3.70. The number of nitrogens with zero attached hydrogens (tertiary/aromatic N) is 1. The monoisotopic (exact) mass is 279 g/mol. The molecule has 0 aromatic heterocycles. The summed E-state index contributed by atoms with van der Waals surface area (Å²) in [7, 11) is 0. The van der Waals surface area contributed by atoms with Gasteiger partial charge >= 0.3 is 0 Å². The van der Waals surface area contributed by atoms with E-state index >= 15 is 0 Å². The number of carbonyl (C=O) groups excluding carboxylic acids is 1. The third-order valence-electron chi connectivity index (χ3n) is 3.70. The van der Waals surface area contributed by atoms with Crippen LogP contribution in [0, 0.1) is 24.0 Å². The van der Waals surface area contributed by atoms with E-state index in [1.54, 1.807) is 19.9 Å². The second-order valence-electron chi connectivity index (χ2n) is 5.03. The Kier molecular flexibility index (Phi) is 4.83. The molecule has 0 unspecified atom stereocenters. The van der Waals surface area contributed by atoms with Gasteiger partial charge in [0.2, 0.25) is 5.91 Å². The van der Waals surface area contributed by atoms with E-state index in [0.717, 1.165) is 0 Å². The van der Waals surface area contributed by atoms with E-state index in [2.05, 4.69) is 5.32 Å². The van der Waals surface area contributed by atoms with Gasteiger partial charge in [0.05, 0.1) is 10.5 Å². The Labute approximate surface area is 118 Å². The fourth-order valence-electron chi connectivity index (χ4n) is 1.95. The Bertz CT molecular complexity index is 537. The molecule has 0 bridgehead atoms. The lowest BCUT2D eigenvalue weighted by molar-refractivity contribution is -0.385. The largest absolute Gasteiger partial charge is 0.324 e. The fraction of sp³-hybridized carbons (Fsp3) is 0.500. The molecule has 0 saturated carbocycles. The maximum absolute atomic E-state index is 12.2. The van der Waals surface area contributed by atoms with Crippen molar-refractivity contribution >= 4 is 17.3 Å². The number of amides is 1. The van der Waals surface area contributed by atoms with Crippen molar-refractivity contribution in [1.82, 2.24) is 0 Å². The van der Waals surface area contributed by atoms with Crippen molar-refractivity contribution in [3.63, 3.8) is 0 Å². The molecule has 0 heterocycles. The van der Waals surface area contributed by atoms with Crippen molar-refractivity contribution in [3.8, 4) is 0 Å². The topological polar surface area (TPSA) is 98.3 Å². The molecule has 0 aliphatic rings. The normalized spacial score (nSPS) is 11.2. The molecule has 0 spiro atoms. The van der Waals surface area contributed by atoms with Gasteiger partial charge in [-0.25, -0.2) is 0 Å². The Morgan fingerprint density at radius 1 is 1.30 bits per heavy atom. The number of carbonyl (C=O) groups is 1. The molecule has 20 heavy (non-hydrogen) atoms. The first-order chi connectivity index (χ1) is 9.25. The van der Waals surface area contributed by atoms with Crippen molar-refractivity contribution in [2.75, 3.05) is 5.32 Å². The predicted molar refractivity (Wildman–Crippen MR) is 78.7 cm³/mol. The van der Waals surface area contributed by atoms with Gasteiger partial charge in [0, 0.05) is 17.3 Å². The lowest BCUT2D eigenvalue weighted by Gasteiger charge is -2.25. The van der Waals surface area contributed by atoms with E-state index in [9.17, 15) is 14.9 Å². The maximum Gasteiger partial charge on any atom is 0.272 e. The van der Waals surface area contributed by atoms with E-state index in [1.165, 1.54) is 6.07 Å². The SMILES string of the molecule is CCC(N)(CC)C(=O)Nc1cc(C)c([N+](=O)[O-])cc1C. The molecular weight excluding hydrogens is 258 g/mol. The minimum absolute atomic E-state index is 0.0468. The molecule has 1 amide bonds. The summed E-state index contributed by atoms with van der Waals surface area (Å²) in [5.41, 5.74) is 6.88. The standard InChI is InChI=1S/C14H21N3O3/c1-5-14(15,6-2)13(18)16-11-7-10(4)12(17(19)20)8-9(11)3/h7-8H,5-6,15H2,1-4H3,(H,16,18). The van der Waals surface area contributed by atoms with E-state index in [4.69, 9.17) is 5.73 Å². The number of nitrogens with two attached hydrogens (primary N) is 1. The van der Waals surface area contributed by atoms with Crippen molar-refractivity contribution in [2.45, 2.75) is 46.1 Å². The predicted octanol–water partition coefficient (Wildman–Crippen LogP) is 2.67. The summed E-state index contributed by atoms with van der Waals surface area (Å²) in [6.07, 6.45) is 1.06. The minimum atomic E-state index is -0.915. The van der Waals surface area contributed by atoms with Gasteiger partial charge in [0.25, 0.3) is 5.69 Å². The summed E-state index contributed by atoms with van der Waals surface area (Å²) in [4.78, 5) is 22.6. The molecule has 0 atom stereocenters. The molecule has 6 nitrogen and oxygen atoms in total. The number of nitro benzene ring substituents is 1. The van der Waals surface area contributed by atoms with Crippen LogP contribution in [-0.2, 0) is 4.79 Å². The van der Waals surface area contributed by atoms with Crippen LogP contribution in [0.1, 0.15) is 37.8 Å². The number of nitrogens with one attached hydrogen (secondary N) is 1. The van der Waals surface area contributed by atoms with Crippen LogP contribution < -0.4 is 11.1 Å². The van der Waals surface area contributed by atoms with Crippen molar-refractivity contribution in [3.05, 3.63) is 33.4 Å². The highest BCUT2D eigenvalue weighted by Crippen LogP contribution is 2.27. The molecule has 0 fully saturated rings. The van der Waals surface area contributed by atoms with Crippen LogP contribution in [-0.4, -0.2) is 16.4 Å².